The molecule has 0 saturated carbocycles. The summed E-state index contributed by atoms with van der Waals surface area (Å²) >= 11 is 0. The van der Waals surface area contributed by atoms with E-state index in [2.05, 4.69) is 30.4 Å². The van der Waals surface area contributed by atoms with Crippen LogP contribution in [0, 0.1) is 6.92 Å². The van der Waals surface area contributed by atoms with Crippen LogP contribution in [0.25, 0.3) is 17.2 Å². The fourth-order valence-electron chi connectivity index (χ4n) is 2.81. The first-order valence-electron chi connectivity index (χ1n) is 9.14. The summed E-state index contributed by atoms with van der Waals surface area (Å²) in [5.41, 5.74) is 1.77. The smallest absolute Gasteiger partial charge is 0.227 e. The molecule has 4 aromatic rings. The quantitative estimate of drug-likeness (QED) is 0.516. The molecule has 29 heavy (non-hydrogen) atoms. The minimum absolute atomic E-state index is 0.0918. The van der Waals surface area contributed by atoms with E-state index in [1.54, 1.807) is 36.9 Å². The zero-order chi connectivity index (χ0) is 20.1. The van der Waals surface area contributed by atoms with Gasteiger partial charge in [-0.3, -0.25) is 14.3 Å². The second kappa shape index (κ2) is 8.42. The lowest BCUT2D eigenvalue weighted by Crippen LogP contribution is -2.23. The van der Waals surface area contributed by atoms with Crippen LogP contribution >= 0.6 is 0 Å². The molecule has 9 nitrogen and oxygen atoms in total. The SMILES string of the molecule is Cc1nccn1-c1cc(CNC(=O)CCc2nc(-c3ccncc3)no2)ccn1. The second-order valence-electron chi connectivity index (χ2n) is 6.39. The molecule has 0 saturated heterocycles. The van der Waals surface area contributed by atoms with E-state index in [1.165, 1.54) is 0 Å². The van der Waals surface area contributed by atoms with Crippen LogP contribution in [0.2, 0.25) is 0 Å². The number of hydrogen-bond donors (Lipinski definition) is 1. The van der Waals surface area contributed by atoms with Crippen LogP contribution in [0.15, 0.2) is 59.8 Å². The van der Waals surface area contributed by atoms with Crippen LogP contribution in [0.3, 0.4) is 0 Å². The van der Waals surface area contributed by atoms with E-state index in [9.17, 15) is 4.79 Å². The predicted octanol–water partition coefficient (Wildman–Crippen LogP) is 2.27. The molecule has 0 radical (unpaired) electrons. The number of aromatic nitrogens is 6. The largest absolute Gasteiger partial charge is 0.352 e. The van der Waals surface area contributed by atoms with Crippen molar-refractivity contribution in [3.63, 3.8) is 0 Å². The molecule has 0 aromatic carbocycles. The third-order valence-corrected chi connectivity index (χ3v) is 4.34. The van der Waals surface area contributed by atoms with E-state index in [0.717, 1.165) is 22.8 Å². The summed E-state index contributed by atoms with van der Waals surface area (Å²) in [6, 6.07) is 7.40. The van der Waals surface area contributed by atoms with Gasteiger partial charge < -0.3 is 9.84 Å². The van der Waals surface area contributed by atoms with Gasteiger partial charge in [0, 0.05) is 55.9 Å². The van der Waals surface area contributed by atoms with Crippen molar-refractivity contribution in [2.45, 2.75) is 26.3 Å². The zero-order valence-corrected chi connectivity index (χ0v) is 15.8. The number of carbonyl (C=O) groups excluding carboxylic acids is 1. The van der Waals surface area contributed by atoms with Gasteiger partial charge in [-0.1, -0.05) is 5.16 Å². The number of hydrogen-bond acceptors (Lipinski definition) is 7. The summed E-state index contributed by atoms with van der Waals surface area (Å²) in [5, 5.41) is 6.84. The van der Waals surface area contributed by atoms with Crippen molar-refractivity contribution in [3.8, 4) is 17.2 Å². The second-order valence-corrected chi connectivity index (χ2v) is 6.39. The van der Waals surface area contributed by atoms with Gasteiger partial charge in [0.05, 0.1) is 0 Å². The average Bonchev–Trinajstić information content (AvgIpc) is 3.41. The van der Waals surface area contributed by atoms with E-state index < -0.39 is 0 Å². The maximum Gasteiger partial charge on any atom is 0.227 e. The third kappa shape index (κ3) is 4.52. The van der Waals surface area contributed by atoms with E-state index in [1.807, 2.05) is 29.8 Å². The highest BCUT2D eigenvalue weighted by Crippen LogP contribution is 2.14. The van der Waals surface area contributed by atoms with Crippen molar-refractivity contribution in [2.24, 2.45) is 0 Å². The molecule has 0 aliphatic carbocycles. The number of rotatable bonds is 7. The Balaban J connectivity index is 1.30. The summed E-state index contributed by atoms with van der Waals surface area (Å²) < 4.78 is 7.11. The number of carbonyl (C=O) groups is 1. The molecule has 0 atom stereocenters. The molecule has 0 aliphatic heterocycles. The standard InChI is InChI=1S/C20H19N7O2/c1-14-22-10-11-27(14)17-12-15(4-9-23-17)13-24-18(28)2-3-19-25-20(26-29-19)16-5-7-21-8-6-16/h4-12H,2-3,13H2,1H3,(H,24,28). The van der Waals surface area contributed by atoms with Gasteiger partial charge in [-0.25, -0.2) is 9.97 Å². The lowest BCUT2D eigenvalue weighted by atomic mass is 10.2. The van der Waals surface area contributed by atoms with Gasteiger partial charge in [-0.15, -0.1) is 0 Å². The molecule has 0 fully saturated rings. The van der Waals surface area contributed by atoms with Crippen LogP contribution < -0.4 is 5.32 Å². The number of amides is 1. The molecule has 4 aromatic heterocycles. The van der Waals surface area contributed by atoms with E-state index >= 15 is 0 Å². The van der Waals surface area contributed by atoms with Crippen molar-refractivity contribution >= 4 is 5.91 Å². The van der Waals surface area contributed by atoms with Gasteiger partial charge in [-0.05, 0) is 36.8 Å². The van der Waals surface area contributed by atoms with Gasteiger partial charge >= 0.3 is 0 Å². The highest BCUT2D eigenvalue weighted by molar-refractivity contribution is 5.76. The molecule has 0 bridgehead atoms. The first-order valence-corrected chi connectivity index (χ1v) is 9.14. The van der Waals surface area contributed by atoms with Crippen LogP contribution in [0.5, 0.6) is 0 Å². The van der Waals surface area contributed by atoms with Crippen LogP contribution in [-0.2, 0) is 17.8 Å². The van der Waals surface area contributed by atoms with Gasteiger partial charge in [0.2, 0.25) is 17.6 Å². The first-order chi connectivity index (χ1) is 14.2. The molecule has 4 heterocycles. The lowest BCUT2D eigenvalue weighted by Gasteiger charge is -2.08. The van der Waals surface area contributed by atoms with E-state index in [-0.39, 0.29) is 12.3 Å². The lowest BCUT2D eigenvalue weighted by molar-refractivity contribution is -0.121. The molecule has 1 N–H and O–H groups in total. The molecule has 1 amide bonds. The van der Waals surface area contributed by atoms with Crippen molar-refractivity contribution in [1.82, 2.24) is 35.0 Å². The summed E-state index contributed by atoms with van der Waals surface area (Å²) in [6.45, 7) is 2.32. The average molecular weight is 389 g/mol. The van der Waals surface area contributed by atoms with E-state index in [4.69, 9.17) is 4.52 Å². The first kappa shape index (κ1) is 18.5. The fraction of sp³-hybridized carbons (Fsp3) is 0.200. The molecule has 4 rings (SSSR count). The Hall–Kier alpha value is -3.88. The maximum atomic E-state index is 12.2. The number of nitrogens with one attached hydrogen (secondary N) is 1. The van der Waals surface area contributed by atoms with Gasteiger partial charge in [0.25, 0.3) is 0 Å². The Morgan fingerprint density at radius 1 is 1.14 bits per heavy atom. The fourth-order valence-corrected chi connectivity index (χ4v) is 2.81. The van der Waals surface area contributed by atoms with Crippen molar-refractivity contribution in [2.75, 3.05) is 0 Å². The highest BCUT2D eigenvalue weighted by atomic mass is 16.5. The molecule has 9 heteroatoms. The Bertz CT molecular complexity index is 1100. The highest BCUT2D eigenvalue weighted by Gasteiger charge is 2.11. The molecule has 146 valence electrons. The summed E-state index contributed by atoms with van der Waals surface area (Å²) in [6.07, 6.45) is 9.26. The van der Waals surface area contributed by atoms with Crippen LogP contribution in [-0.4, -0.2) is 35.6 Å². The normalized spacial score (nSPS) is 10.8. The Morgan fingerprint density at radius 2 is 2.00 bits per heavy atom. The van der Waals surface area contributed by atoms with Crippen molar-refractivity contribution < 1.29 is 9.32 Å². The van der Waals surface area contributed by atoms with Crippen molar-refractivity contribution in [1.29, 1.82) is 0 Å². The summed E-state index contributed by atoms with van der Waals surface area (Å²) in [7, 11) is 0. The number of pyridine rings is 2. The molecular weight excluding hydrogens is 370 g/mol. The Labute approximate surface area is 166 Å². The molecule has 0 unspecified atom stereocenters. The number of nitrogens with zero attached hydrogens (tertiary/aromatic N) is 6. The van der Waals surface area contributed by atoms with Gasteiger partial charge in [-0.2, -0.15) is 4.98 Å². The minimum atomic E-state index is -0.0918. The predicted molar refractivity (Wildman–Crippen MR) is 104 cm³/mol. The Kier molecular flexibility index (Phi) is 5.37. The van der Waals surface area contributed by atoms with Crippen LogP contribution in [0.1, 0.15) is 23.7 Å². The van der Waals surface area contributed by atoms with Gasteiger partial charge in [0.15, 0.2) is 0 Å². The third-order valence-electron chi connectivity index (χ3n) is 4.34. The monoisotopic (exact) mass is 389 g/mol. The molecular formula is C20H19N7O2. The van der Waals surface area contributed by atoms with E-state index in [0.29, 0.717) is 24.7 Å². The summed E-state index contributed by atoms with van der Waals surface area (Å²) in [5.74, 6) is 2.44. The molecule has 0 aliphatic rings. The number of imidazole rings is 1. The van der Waals surface area contributed by atoms with Gasteiger partial charge in [0.1, 0.15) is 11.6 Å². The zero-order valence-electron chi connectivity index (χ0n) is 15.8. The van der Waals surface area contributed by atoms with Crippen LogP contribution in [0.4, 0.5) is 0 Å². The maximum absolute atomic E-state index is 12.2. The summed E-state index contributed by atoms with van der Waals surface area (Å²) in [4.78, 5) is 29.0. The Morgan fingerprint density at radius 3 is 2.79 bits per heavy atom. The minimum Gasteiger partial charge on any atom is -0.352 e. The topological polar surface area (TPSA) is 112 Å². The molecule has 0 spiro atoms. The number of aryl methyl sites for hydroxylation is 2. The van der Waals surface area contributed by atoms with Crippen molar-refractivity contribution in [3.05, 3.63) is 72.5 Å².